The van der Waals surface area contributed by atoms with Crippen LogP contribution in [-0.2, 0) is 11.2 Å². The summed E-state index contributed by atoms with van der Waals surface area (Å²) in [6.45, 7) is 6.41. The second-order valence-electron chi connectivity index (χ2n) is 8.77. The molecule has 4 aliphatic heterocycles. The van der Waals surface area contributed by atoms with Crippen molar-refractivity contribution in [1.82, 2.24) is 9.80 Å². The van der Waals surface area contributed by atoms with Gasteiger partial charge in [-0.2, -0.15) is 0 Å². The molecule has 28 heavy (non-hydrogen) atoms. The highest BCUT2D eigenvalue weighted by molar-refractivity contribution is 5.98. The van der Waals surface area contributed by atoms with Crippen molar-refractivity contribution >= 4 is 11.9 Å². The van der Waals surface area contributed by atoms with E-state index >= 15 is 0 Å². The third kappa shape index (κ3) is 3.69. The molecule has 0 spiro atoms. The minimum absolute atomic E-state index is 0.292. The van der Waals surface area contributed by atoms with Crippen LogP contribution in [0.3, 0.4) is 0 Å². The van der Waals surface area contributed by atoms with Crippen LogP contribution in [0.5, 0.6) is 0 Å². The molecule has 6 rings (SSSR count). The van der Waals surface area contributed by atoms with E-state index in [1.165, 1.54) is 49.9 Å². The lowest BCUT2D eigenvalue weighted by Gasteiger charge is -2.51. The number of aliphatic carboxylic acids is 1. The maximum atomic E-state index is 13.1. The Morgan fingerprint density at radius 2 is 1.96 bits per heavy atom. The quantitative estimate of drug-likeness (QED) is 0.866. The first-order chi connectivity index (χ1) is 13.6. The maximum Gasteiger partial charge on any atom is 0.303 e. The molecule has 5 aliphatic rings. The predicted molar refractivity (Wildman–Crippen MR) is 109 cm³/mol. The number of hydrogen-bond acceptors (Lipinski definition) is 3. The van der Waals surface area contributed by atoms with Crippen LogP contribution in [0.4, 0.5) is 0 Å². The molecule has 3 saturated heterocycles. The average Bonchev–Trinajstić information content (AvgIpc) is 2.72. The SMILES string of the molecule is CCCC(=O)O.O=C1c2cccc3c2[C@H](CCC3)CN1[C@@H]1CN2CCC1CC2. The van der Waals surface area contributed by atoms with Crippen molar-refractivity contribution in [2.24, 2.45) is 5.92 Å². The molecule has 2 atom stereocenters. The van der Waals surface area contributed by atoms with Gasteiger partial charge in [-0.3, -0.25) is 9.59 Å². The Hall–Kier alpha value is -1.88. The van der Waals surface area contributed by atoms with Gasteiger partial charge >= 0.3 is 5.97 Å². The summed E-state index contributed by atoms with van der Waals surface area (Å²) in [5, 5.41) is 7.91. The fraction of sp³-hybridized carbons (Fsp3) is 0.652. The second kappa shape index (κ2) is 8.24. The van der Waals surface area contributed by atoms with Gasteiger partial charge < -0.3 is 14.9 Å². The first kappa shape index (κ1) is 19.4. The number of benzene rings is 1. The molecule has 5 heteroatoms. The van der Waals surface area contributed by atoms with Crippen LogP contribution in [-0.4, -0.2) is 59.0 Å². The summed E-state index contributed by atoms with van der Waals surface area (Å²) in [4.78, 5) is 27.6. The number of fused-ring (bicyclic) bond motifs is 3. The number of hydrogen-bond donors (Lipinski definition) is 1. The summed E-state index contributed by atoms with van der Waals surface area (Å²) < 4.78 is 0. The monoisotopic (exact) mass is 384 g/mol. The van der Waals surface area contributed by atoms with Crippen molar-refractivity contribution in [3.05, 3.63) is 34.9 Å². The molecule has 1 aliphatic carbocycles. The van der Waals surface area contributed by atoms with Crippen molar-refractivity contribution in [1.29, 1.82) is 0 Å². The number of nitrogens with zero attached hydrogens (tertiary/aromatic N) is 2. The summed E-state index contributed by atoms with van der Waals surface area (Å²) in [6, 6.07) is 6.87. The standard InChI is InChI=1S/C19H24N2O.C4H8O2/c22-19-16-6-2-4-14-3-1-5-15(18(14)16)11-21(19)17-12-20-9-7-13(17)8-10-20;1-2-3-4(5)6/h2,4,6,13,15,17H,1,3,5,7-12H2;2-3H2,1H3,(H,5,6)/t15-,17-;/m1./s1. The van der Waals surface area contributed by atoms with Gasteiger partial charge in [-0.1, -0.05) is 19.1 Å². The van der Waals surface area contributed by atoms with Gasteiger partial charge in [0.25, 0.3) is 5.91 Å². The zero-order chi connectivity index (χ0) is 19.7. The van der Waals surface area contributed by atoms with Gasteiger partial charge in [-0.05, 0) is 74.7 Å². The van der Waals surface area contributed by atoms with Gasteiger partial charge in [0, 0.05) is 37.0 Å². The zero-order valence-electron chi connectivity index (χ0n) is 16.9. The van der Waals surface area contributed by atoms with Crippen molar-refractivity contribution in [2.75, 3.05) is 26.2 Å². The lowest BCUT2D eigenvalue weighted by molar-refractivity contribution is -0.137. The maximum absolute atomic E-state index is 13.1. The Balaban J connectivity index is 0.000000283. The Kier molecular flexibility index (Phi) is 5.72. The number of aryl methyl sites for hydroxylation is 1. The Labute approximate surface area is 167 Å². The molecule has 1 amide bonds. The summed E-state index contributed by atoms with van der Waals surface area (Å²) >= 11 is 0. The van der Waals surface area contributed by atoms with Crippen molar-refractivity contribution in [3.8, 4) is 0 Å². The summed E-state index contributed by atoms with van der Waals surface area (Å²) in [6.07, 6.45) is 7.29. The fourth-order valence-electron chi connectivity index (χ4n) is 5.63. The number of piperidine rings is 3. The van der Waals surface area contributed by atoms with Crippen molar-refractivity contribution in [3.63, 3.8) is 0 Å². The molecule has 3 fully saturated rings. The van der Waals surface area contributed by atoms with E-state index in [9.17, 15) is 9.59 Å². The van der Waals surface area contributed by atoms with Crippen LogP contribution in [0.2, 0.25) is 0 Å². The topological polar surface area (TPSA) is 60.9 Å². The number of carboxylic acid groups (broad SMARTS) is 1. The number of carbonyl (C=O) groups excluding carboxylic acids is 1. The van der Waals surface area contributed by atoms with E-state index in [-0.39, 0.29) is 0 Å². The molecule has 1 N–H and O–H groups in total. The van der Waals surface area contributed by atoms with Crippen LogP contribution in [0.15, 0.2) is 18.2 Å². The van der Waals surface area contributed by atoms with E-state index in [2.05, 4.69) is 28.0 Å². The van der Waals surface area contributed by atoms with Gasteiger partial charge in [0.1, 0.15) is 0 Å². The molecule has 1 aromatic carbocycles. The normalized spacial score (nSPS) is 30.3. The molecule has 0 radical (unpaired) electrons. The zero-order valence-corrected chi connectivity index (χ0v) is 16.9. The molecule has 0 unspecified atom stereocenters. The molecular weight excluding hydrogens is 352 g/mol. The van der Waals surface area contributed by atoms with Gasteiger partial charge in [0.2, 0.25) is 0 Å². The molecule has 0 saturated carbocycles. The van der Waals surface area contributed by atoms with Crippen LogP contribution < -0.4 is 0 Å². The highest BCUT2D eigenvalue weighted by Gasteiger charge is 2.43. The average molecular weight is 385 g/mol. The van der Waals surface area contributed by atoms with Crippen LogP contribution in [0.25, 0.3) is 0 Å². The molecule has 1 aromatic rings. The first-order valence-electron chi connectivity index (χ1n) is 11.0. The number of amides is 1. The van der Waals surface area contributed by atoms with E-state index < -0.39 is 5.97 Å². The van der Waals surface area contributed by atoms with Gasteiger partial charge in [-0.25, -0.2) is 0 Å². The van der Waals surface area contributed by atoms with Crippen molar-refractivity contribution < 1.29 is 14.7 Å². The Morgan fingerprint density at radius 1 is 1.18 bits per heavy atom. The molecule has 152 valence electrons. The summed E-state index contributed by atoms with van der Waals surface area (Å²) in [5.74, 6) is 0.932. The van der Waals surface area contributed by atoms with Gasteiger partial charge in [-0.15, -0.1) is 0 Å². The molecular formula is C23H32N2O3. The number of rotatable bonds is 3. The number of carboxylic acids is 1. The first-order valence-corrected chi connectivity index (χ1v) is 11.0. The van der Waals surface area contributed by atoms with E-state index in [1.807, 2.05) is 6.92 Å². The van der Waals surface area contributed by atoms with Crippen LogP contribution in [0.1, 0.15) is 72.9 Å². The summed E-state index contributed by atoms with van der Waals surface area (Å²) in [7, 11) is 0. The van der Waals surface area contributed by atoms with E-state index in [0.29, 0.717) is 24.3 Å². The molecule has 4 heterocycles. The molecule has 0 aromatic heterocycles. The highest BCUT2D eigenvalue weighted by atomic mass is 16.4. The third-order valence-corrected chi connectivity index (χ3v) is 7.00. The van der Waals surface area contributed by atoms with Gasteiger partial charge in [0.15, 0.2) is 0 Å². The lowest BCUT2D eigenvalue weighted by atomic mass is 9.75. The minimum Gasteiger partial charge on any atom is -0.481 e. The highest BCUT2D eigenvalue weighted by Crippen LogP contribution is 2.41. The largest absolute Gasteiger partial charge is 0.481 e. The second-order valence-corrected chi connectivity index (χ2v) is 8.77. The van der Waals surface area contributed by atoms with Crippen molar-refractivity contribution in [2.45, 2.75) is 63.8 Å². The predicted octanol–water partition coefficient (Wildman–Crippen LogP) is 3.53. The number of carbonyl (C=O) groups is 2. The Morgan fingerprint density at radius 3 is 2.57 bits per heavy atom. The molecule has 5 nitrogen and oxygen atoms in total. The van der Waals surface area contributed by atoms with Crippen LogP contribution in [0, 0.1) is 5.92 Å². The third-order valence-electron chi connectivity index (χ3n) is 7.00. The van der Waals surface area contributed by atoms with E-state index in [0.717, 1.165) is 37.4 Å². The Bertz CT molecular complexity index is 739. The molecule has 2 bridgehead atoms. The lowest BCUT2D eigenvalue weighted by Crippen LogP contribution is -2.60. The summed E-state index contributed by atoms with van der Waals surface area (Å²) in [5.41, 5.74) is 3.86. The van der Waals surface area contributed by atoms with E-state index in [1.54, 1.807) is 0 Å². The smallest absolute Gasteiger partial charge is 0.303 e. The minimum atomic E-state index is -0.711. The van der Waals surface area contributed by atoms with E-state index in [4.69, 9.17) is 5.11 Å². The van der Waals surface area contributed by atoms with Crippen LogP contribution >= 0.6 is 0 Å². The van der Waals surface area contributed by atoms with Gasteiger partial charge in [0.05, 0.1) is 0 Å². The fourth-order valence-corrected chi connectivity index (χ4v) is 5.63.